The molecule has 15 heavy (non-hydrogen) atoms. The van der Waals surface area contributed by atoms with Gasteiger partial charge in [-0.05, 0) is 24.6 Å². The fraction of sp³-hybridized carbons (Fsp3) is 0.455. The van der Waals surface area contributed by atoms with Crippen LogP contribution in [0.5, 0.6) is 11.5 Å². The van der Waals surface area contributed by atoms with Crippen molar-refractivity contribution in [2.45, 2.75) is 12.3 Å². The second kappa shape index (κ2) is 6.69. The van der Waals surface area contributed by atoms with Crippen molar-refractivity contribution in [3.8, 4) is 11.5 Å². The van der Waals surface area contributed by atoms with Gasteiger partial charge in [0.15, 0.2) is 18.3 Å². The Morgan fingerprint density at radius 2 is 2.00 bits per heavy atom. The van der Waals surface area contributed by atoms with Crippen LogP contribution in [0.4, 0.5) is 0 Å². The minimum atomic E-state index is 0.230. The molecule has 0 unspecified atom stereocenters. The van der Waals surface area contributed by atoms with Gasteiger partial charge in [-0.2, -0.15) is 0 Å². The molecule has 0 heterocycles. The summed E-state index contributed by atoms with van der Waals surface area (Å²) in [5.74, 6) is 1.47. The van der Waals surface area contributed by atoms with Crippen molar-refractivity contribution in [3.63, 3.8) is 0 Å². The van der Waals surface area contributed by atoms with E-state index in [-0.39, 0.29) is 6.79 Å². The molecule has 0 aliphatic heterocycles. The van der Waals surface area contributed by atoms with Crippen LogP contribution in [0.1, 0.15) is 12.5 Å². The molecule has 0 aromatic heterocycles. The van der Waals surface area contributed by atoms with Gasteiger partial charge < -0.3 is 14.2 Å². The van der Waals surface area contributed by atoms with Gasteiger partial charge in [-0.3, -0.25) is 0 Å². The number of hydrogen-bond donors (Lipinski definition) is 0. The van der Waals surface area contributed by atoms with Gasteiger partial charge in [0.2, 0.25) is 0 Å². The molecule has 0 aliphatic rings. The van der Waals surface area contributed by atoms with Crippen molar-refractivity contribution in [3.05, 3.63) is 23.8 Å². The third kappa shape index (κ3) is 3.72. The topological polar surface area (TPSA) is 27.7 Å². The van der Waals surface area contributed by atoms with E-state index in [1.54, 1.807) is 7.11 Å². The van der Waals surface area contributed by atoms with E-state index < -0.39 is 0 Å². The van der Waals surface area contributed by atoms with Crippen LogP contribution in [-0.4, -0.2) is 20.5 Å². The summed E-state index contributed by atoms with van der Waals surface area (Å²) in [6, 6.07) is 5.84. The quantitative estimate of drug-likeness (QED) is 0.590. The van der Waals surface area contributed by atoms with Crippen LogP contribution in [0.25, 0.3) is 0 Å². The Bertz CT molecular complexity index is 302. The van der Waals surface area contributed by atoms with Gasteiger partial charge in [0, 0.05) is 12.4 Å². The van der Waals surface area contributed by atoms with E-state index >= 15 is 0 Å². The van der Waals surface area contributed by atoms with Crippen molar-refractivity contribution in [2.75, 3.05) is 20.5 Å². The molecule has 3 nitrogen and oxygen atoms in total. The third-order valence-corrected chi connectivity index (χ3v) is 2.44. The first kappa shape index (κ1) is 12.3. The Balaban J connectivity index is 2.82. The summed E-state index contributed by atoms with van der Waals surface area (Å²) in [5.41, 5.74) is 1.16. The van der Waals surface area contributed by atoms with Crippen molar-refractivity contribution in [1.82, 2.24) is 0 Å². The number of halogens is 1. The molecule has 1 rings (SSSR count). The molecular weight excluding hydrogens is 260 g/mol. The number of hydrogen-bond acceptors (Lipinski definition) is 3. The van der Waals surface area contributed by atoms with Crippen molar-refractivity contribution < 1.29 is 14.2 Å². The number of methoxy groups -OCH3 is 1. The second-order valence-electron chi connectivity index (χ2n) is 2.90. The lowest BCUT2D eigenvalue weighted by molar-refractivity contribution is 0.0487. The van der Waals surface area contributed by atoms with E-state index in [4.69, 9.17) is 14.2 Å². The lowest BCUT2D eigenvalue weighted by Gasteiger charge is -2.11. The molecule has 0 radical (unpaired) electrons. The third-order valence-electron chi connectivity index (χ3n) is 1.79. The minimum absolute atomic E-state index is 0.230. The van der Waals surface area contributed by atoms with E-state index in [1.807, 2.05) is 25.1 Å². The van der Waals surface area contributed by atoms with Crippen LogP contribution in [0.3, 0.4) is 0 Å². The van der Waals surface area contributed by atoms with E-state index in [0.29, 0.717) is 12.4 Å². The summed E-state index contributed by atoms with van der Waals surface area (Å²) in [6.45, 7) is 2.80. The summed E-state index contributed by atoms with van der Waals surface area (Å²) in [7, 11) is 1.59. The van der Waals surface area contributed by atoms with Crippen molar-refractivity contribution in [1.29, 1.82) is 0 Å². The smallest absolute Gasteiger partial charge is 0.188 e. The number of ether oxygens (including phenoxy) is 3. The lowest BCUT2D eigenvalue weighted by Crippen LogP contribution is -2.02. The molecule has 1 aromatic carbocycles. The Kier molecular flexibility index (Phi) is 5.50. The molecule has 0 N–H and O–H groups in total. The molecule has 4 heteroatoms. The Morgan fingerprint density at radius 3 is 2.60 bits per heavy atom. The first-order chi connectivity index (χ1) is 7.31. The lowest BCUT2D eigenvalue weighted by atomic mass is 10.2. The molecule has 84 valence electrons. The molecule has 0 fully saturated rings. The summed E-state index contributed by atoms with van der Waals surface area (Å²) in [4.78, 5) is 0. The molecule has 0 amide bonds. The maximum absolute atomic E-state index is 5.48. The van der Waals surface area contributed by atoms with Gasteiger partial charge in [-0.15, -0.1) is 0 Å². The monoisotopic (exact) mass is 274 g/mol. The van der Waals surface area contributed by atoms with Crippen LogP contribution < -0.4 is 9.47 Å². The molecule has 0 saturated carbocycles. The Labute approximate surface area is 98.5 Å². The average molecular weight is 275 g/mol. The summed E-state index contributed by atoms with van der Waals surface area (Å²) in [6.07, 6.45) is 0. The summed E-state index contributed by atoms with van der Waals surface area (Å²) < 4.78 is 15.7. The molecule has 0 aliphatic carbocycles. The molecular formula is C11H15BrO3. The van der Waals surface area contributed by atoms with Crippen LogP contribution in [-0.2, 0) is 10.1 Å². The van der Waals surface area contributed by atoms with Gasteiger partial charge in [0.25, 0.3) is 0 Å². The zero-order valence-corrected chi connectivity index (χ0v) is 10.5. The SMILES string of the molecule is CCOc1cc(CBr)ccc1OCOC. The van der Waals surface area contributed by atoms with Crippen molar-refractivity contribution >= 4 is 15.9 Å². The minimum Gasteiger partial charge on any atom is -0.490 e. The maximum Gasteiger partial charge on any atom is 0.188 e. The largest absolute Gasteiger partial charge is 0.490 e. The number of rotatable bonds is 6. The van der Waals surface area contributed by atoms with E-state index in [9.17, 15) is 0 Å². The first-order valence-electron chi connectivity index (χ1n) is 4.75. The fourth-order valence-electron chi connectivity index (χ4n) is 1.15. The number of alkyl halides is 1. The highest BCUT2D eigenvalue weighted by molar-refractivity contribution is 9.08. The van der Waals surface area contributed by atoms with E-state index in [0.717, 1.165) is 16.6 Å². The molecule has 0 atom stereocenters. The average Bonchev–Trinajstić information content (AvgIpc) is 2.27. The van der Waals surface area contributed by atoms with Gasteiger partial charge in [0.05, 0.1) is 6.61 Å². The first-order valence-corrected chi connectivity index (χ1v) is 5.87. The zero-order valence-electron chi connectivity index (χ0n) is 8.96. The summed E-state index contributed by atoms with van der Waals surface area (Å²) >= 11 is 3.40. The Morgan fingerprint density at radius 1 is 1.20 bits per heavy atom. The van der Waals surface area contributed by atoms with Crippen LogP contribution in [0.2, 0.25) is 0 Å². The van der Waals surface area contributed by atoms with E-state index in [2.05, 4.69) is 15.9 Å². The normalized spacial score (nSPS) is 10.1. The highest BCUT2D eigenvalue weighted by Gasteiger charge is 2.05. The fourth-order valence-corrected chi connectivity index (χ4v) is 1.49. The van der Waals surface area contributed by atoms with Crippen LogP contribution in [0, 0.1) is 0 Å². The maximum atomic E-state index is 5.48. The highest BCUT2D eigenvalue weighted by Crippen LogP contribution is 2.29. The number of benzene rings is 1. The van der Waals surface area contributed by atoms with Gasteiger partial charge in [0.1, 0.15) is 0 Å². The zero-order chi connectivity index (χ0) is 11.1. The predicted octanol–water partition coefficient (Wildman–Crippen LogP) is 2.96. The Hall–Kier alpha value is -0.740. The van der Waals surface area contributed by atoms with Crippen molar-refractivity contribution in [2.24, 2.45) is 0 Å². The highest BCUT2D eigenvalue weighted by atomic mass is 79.9. The van der Waals surface area contributed by atoms with Crippen LogP contribution in [0.15, 0.2) is 18.2 Å². The molecule has 0 saturated heterocycles. The predicted molar refractivity (Wildman–Crippen MR) is 62.7 cm³/mol. The van der Waals surface area contributed by atoms with Gasteiger partial charge >= 0.3 is 0 Å². The second-order valence-corrected chi connectivity index (χ2v) is 3.46. The van der Waals surface area contributed by atoms with Gasteiger partial charge in [-0.1, -0.05) is 22.0 Å². The van der Waals surface area contributed by atoms with E-state index in [1.165, 1.54) is 0 Å². The summed E-state index contributed by atoms with van der Waals surface area (Å²) in [5, 5.41) is 0.803. The molecule has 0 bridgehead atoms. The van der Waals surface area contributed by atoms with Crippen LogP contribution >= 0.6 is 15.9 Å². The molecule has 0 spiro atoms. The molecule has 1 aromatic rings. The van der Waals surface area contributed by atoms with Gasteiger partial charge in [-0.25, -0.2) is 0 Å². The standard InChI is InChI=1S/C11H15BrO3/c1-3-14-11-6-9(7-12)4-5-10(11)15-8-13-2/h4-6H,3,7-8H2,1-2H3.